The van der Waals surface area contributed by atoms with Gasteiger partial charge in [-0.3, -0.25) is 4.79 Å². The lowest BCUT2D eigenvalue weighted by atomic mass is 9.72. The van der Waals surface area contributed by atoms with Crippen molar-refractivity contribution in [3.63, 3.8) is 0 Å². The van der Waals surface area contributed by atoms with Gasteiger partial charge in [0.05, 0.1) is 0 Å². The summed E-state index contributed by atoms with van der Waals surface area (Å²) in [5, 5.41) is 0. The van der Waals surface area contributed by atoms with Gasteiger partial charge in [0.1, 0.15) is 6.29 Å². The van der Waals surface area contributed by atoms with Crippen molar-refractivity contribution >= 4 is 6.29 Å². The van der Waals surface area contributed by atoms with Crippen LogP contribution in [-0.2, 0) is 4.79 Å². The molecule has 1 aliphatic carbocycles. The van der Waals surface area contributed by atoms with Gasteiger partial charge in [-0.2, -0.15) is 0 Å². The number of hydrogen-bond donors (Lipinski definition) is 0. The van der Waals surface area contributed by atoms with Gasteiger partial charge in [0.15, 0.2) is 0 Å². The van der Waals surface area contributed by atoms with Crippen molar-refractivity contribution < 1.29 is 10.3 Å². The molecule has 0 aromatic heterocycles. The van der Waals surface area contributed by atoms with E-state index in [1.165, 1.54) is 36.0 Å². The Balaban J connectivity index is 0.00000441. The van der Waals surface area contributed by atoms with E-state index < -0.39 is 0 Å². The largest absolute Gasteiger partial charge is 0.412 e. The minimum Gasteiger partial charge on any atom is -0.412 e. The summed E-state index contributed by atoms with van der Waals surface area (Å²) in [7, 11) is 0. The molecule has 0 atom stereocenters. The molecule has 2 nitrogen and oxygen atoms in total. The van der Waals surface area contributed by atoms with Crippen LogP contribution >= 0.6 is 0 Å². The highest BCUT2D eigenvalue weighted by Gasteiger charge is 2.26. The Morgan fingerprint density at radius 1 is 1.09 bits per heavy atom. The zero-order valence-electron chi connectivity index (χ0n) is 14.6. The molecule has 0 saturated carbocycles. The number of allylic oxidation sites excluding steroid dienone is 10. The second kappa shape index (κ2) is 9.37. The van der Waals surface area contributed by atoms with Gasteiger partial charge in [-0.1, -0.05) is 55.4 Å². The Morgan fingerprint density at radius 2 is 1.73 bits per heavy atom. The molecular formula is C20H30O2. The molecule has 0 heterocycles. The summed E-state index contributed by atoms with van der Waals surface area (Å²) in [6, 6.07) is 0. The van der Waals surface area contributed by atoms with Crippen LogP contribution in [0.2, 0.25) is 0 Å². The van der Waals surface area contributed by atoms with Crippen LogP contribution in [-0.4, -0.2) is 11.8 Å². The predicted molar refractivity (Wildman–Crippen MR) is 95.8 cm³/mol. The summed E-state index contributed by atoms with van der Waals surface area (Å²) in [6.45, 7) is 10.9. The molecule has 22 heavy (non-hydrogen) atoms. The second-order valence-corrected chi connectivity index (χ2v) is 6.58. The van der Waals surface area contributed by atoms with E-state index in [0.29, 0.717) is 0 Å². The van der Waals surface area contributed by atoms with Crippen molar-refractivity contribution in [3.8, 4) is 0 Å². The third-order valence-electron chi connectivity index (χ3n) is 4.10. The van der Waals surface area contributed by atoms with Crippen LogP contribution in [0, 0.1) is 5.41 Å². The van der Waals surface area contributed by atoms with E-state index in [2.05, 4.69) is 45.9 Å². The van der Waals surface area contributed by atoms with E-state index in [-0.39, 0.29) is 10.9 Å². The number of carbonyl (C=O) groups excluding carboxylic acids is 1. The first kappa shape index (κ1) is 20.3. The third-order valence-corrected chi connectivity index (χ3v) is 4.10. The summed E-state index contributed by atoms with van der Waals surface area (Å²) in [4.78, 5) is 10.3. The fourth-order valence-electron chi connectivity index (χ4n) is 2.80. The van der Waals surface area contributed by atoms with Crippen LogP contribution in [0.25, 0.3) is 0 Å². The van der Waals surface area contributed by atoms with Crippen LogP contribution in [0.5, 0.6) is 0 Å². The molecule has 0 unspecified atom stereocenters. The molecule has 2 heteroatoms. The van der Waals surface area contributed by atoms with Gasteiger partial charge in [-0.15, -0.1) is 0 Å². The third kappa shape index (κ3) is 6.40. The molecule has 0 amide bonds. The predicted octanol–water partition coefficient (Wildman–Crippen LogP) is 4.89. The molecule has 0 fully saturated rings. The smallest absolute Gasteiger partial charge is 0.143 e. The van der Waals surface area contributed by atoms with E-state index in [0.717, 1.165) is 11.9 Å². The fourth-order valence-corrected chi connectivity index (χ4v) is 2.80. The highest BCUT2D eigenvalue weighted by atomic mass is 16.1. The fraction of sp³-hybridized carbons (Fsp3) is 0.450. The van der Waals surface area contributed by atoms with Crippen molar-refractivity contribution in [2.45, 2.75) is 53.9 Å². The Bertz CT molecular complexity index is 526. The number of carbonyl (C=O) groups is 1. The highest BCUT2D eigenvalue weighted by Crippen LogP contribution is 2.40. The van der Waals surface area contributed by atoms with Gasteiger partial charge in [-0.25, -0.2) is 0 Å². The van der Waals surface area contributed by atoms with Crippen LogP contribution < -0.4 is 0 Å². The van der Waals surface area contributed by atoms with Crippen LogP contribution in [0.15, 0.2) is 58.7 Å². The average molecular weight is 302 g/mol. The van der Waals surface area contributed by atoms with E-state index in [1.807, 2.05) is 19.1 Å². The molecule has 0 spiro atoms. The van der Waals surface area contributed by atoms with E-state index in [9.17, 15) is 4.79 Å². The van der Waals surface area contributed by atoms with Crippen molar-refractivity contribution in [2.24, 2.45) is 5.41 Å². The Morgan fingerprint density at radius 3 is 2.32 bits per heavy atom. The van der Waals surface area contributed by atoms with E-state index in [1.54, 1.807) is 6.08 Å². The normalized spacial score (nSPS) is 19.7. The van der Waals surface area contributed by atoms with Gasteiger partial charge < -0.3 is 5.48 Å². The minimum absolute atomic E-state index is 0. The topological polar surface area (TPSA) is 48.6 Å². The Kier molecular flexibility index (Phi) is 8.66. The highest BCUT2D eigenvalue weighted by molar-refractivity contribution is 5.66. The summed E-state index contributed by atoms with van der Waals surface area (Å²) in [5.74, 6) is 0. The van der Waals surface area contributed by atoms with E-state index >= 15 is 0 Å². The maximum atomic E-state index is 10.3. The van der Waals surface area contributed by atoms with Crippen LogP contribution in [0.3, 0.4) is 0 Å². The van der Waals surface area contributed by atoms with Gasteiger partial charge in [0.25, 0.3) is 0 Å². The first-order valence-corrected chi connectivity index (χ1v) is 7.72. The number of aldehydes is 1. The average Bonchev–Trinajstić information content (AvgIpc) is 2.37. The molecule has 0 aromatic rings. The molecule has 0 saturated heterocycles. The minimum atomic E-state index is 0. The first-order chi connectivity index (χ1) is 9.86. The van der Waals surface area contributed by atoms with E-state index in [4.69, 9.17) is 0 Å². The molecule has 0 aliphatic heterocycles. The molecule has 1 aliphatic rings. The van der Waals surface area contributed by atoms with Crippen LogP contribution in [0.4, 0.5) is 0 Å². The molecule has 1 rings (SSSR count). The number of hydrogen-bond acceptors (Lipinski definition) is 1. The summed E-state index contributed by atoms with van der Waals surface area (Å²) < 4.78 is 0. The monoisotopic (exact) mass is 302 g/mol. The zero-order chi connectivity index (χ0) is 15.9. The lowest BCUT2D eigenvalue weighted by Crippen LogP contribution is -2.19. The van der Waals surface area contributed by atoms with Gasteiger partial charge in [-0.05, 0) is 62.7 Å². The molecule has 122 valence electrons. The molecule has 2 N–H and O–H groups in total. The molecule has 0 aromatic carbocycles. The standard InChI is InChI=1S/C20H28O.H2O/c1-16(8-6-9-17(2)13-15-21)11-12-19-18(3)10-7-14-20(19,4)5;/h6,8-9,11-13,15H,7,10,14H2,1-5H3;1H2/b9-6+,12-11+,16-8+,17-13+;. The van der Waals surface area contributed by atoms with Crippen molar-refractivity contribution in [1.82, 2.24) is 0 Å². The maximum Gasteiger partial charge on any atom is 0.143 e. The molecular weight excluding hydrogens is 272 g/mol. The summed E-state index contributed by atoms with van der Waals surface area (Å²) >= 11 is 0. The molecule has 0 radical (unpaired) electrons. The quantitative estimate of drug-likeness (QED) is 0.405. The number of rotatable bonds is 5. The Labute approximate surface area is 135 Å². The second-order valence-electron chi connectivity index (χ2n) is 6.58. The van der Waals surface area contributed by atoms with Gasteiger partial charge in [0, 0.05) is 0 Å². The first-order valence-electron chi connectivity index (χ1n) is 7.72. The van der Waals surface area contributed by atoms with Gasteiger partial charge in [0.2, 0.25) is 0 Å². The van der Waals surface area contributed by atoms with Crippen LogP contribution in [0.1, 0.15) is 53.9 Å². The zero-order valence-corrected chi connectivity index (χ0v) is 14.6. The van der Waals surface area contributed by atoms with Crippen molar-refractivity contribution in [1.29, 1.82) is 0 Å². The van der Waals surface area contributed by atoms with Crippen molar-refractivity contribution in [2.75, 3.05) is 0 Å². The Hall–Kier alpha value is -1.67. The SMILES string of the molecule is CC1=C(/C=C/C(C)=C/C=C/C(C)=C/C=O)C(C)(C)CCC1.O. The van der Waals surface area contributed by atoms with Gasteiger partial charge >= 0.3 is 0 Å². The summed E-state index contributed by atoms with van der Waals surface area (Å²) in [6.07, 6.45) is 16.6. The lowest BCUT2D eigenvalue weighted by Gasteiger charge is -2.32. The molecule has 0 bridgehead atoms. The summed E-state index contributed by atoms with van der Waals surface area (Å²) in [5.41, 5.74) is 5.48. The van der Waals surface area contributed by atoms with Crippen molar-refractivity contribution in [3.05, 3.63) is 58.7 Å². The maximum absolute atomic E-state index is 10.3. The lowest BCUT2D eigenvalue weighted by molar-refractivity contribution is -0.104.